The minimum absolute atomic E-state index is 0.0803. The van der Waals surface area contributed by atoms with Gasteiger partial charge in [-0.1, -0.05) is 6.92 Å². The van der Waals surface area contributed by atoms with Gasteiger partial charge in [-0.15, -0.1) is 0 Å². The van der Waals surface area contributed by atoms with Crippen molar-refractivity contribution in [1.29, 1.82) is 0 Å². The molecule has 13 heavy (non-hydrogen) atoms. The lowest BCUT2D eigenvalue weighted by Crippen LogP contribution is -2.45. The Kier molecular flexibility index (Phi) is 3.45. The van der Waals surface area contributed by atoms with Crippen molar-refractivity contribution in [2.45, 2.75) is 44.6 Å². The number of Topliss-reactive ketones (excluding diaryl/α,β-unsaturated/α-hetero) is 1. The van der Waals surface area contributed by atoms with Crippen LogP contribution in [0.3, 0.4) is 0 Å². The largest absolute Gasteiger partial charge is 0.389 e. The summed E-state index contributed by atoms with van der Waals surface area (Å²) in [5.74, 6) is 0.261. The molecule has 0 aromatic rings. The van der Waals surface area contributed by atoms with Crippen LogP contribution in [0.1, 0.15) is 39.0 Å². The molecule has 0 amide bonds. The third kappa shape index (κ3) is 2.29. The van der Waals surface area contributed by atoms with Gasteiger partial charge in [0.1, 0.15) is 5.78 Å². The van der Waals surface area contributed by atoms with E-state index >= 15 is 0 Å². The molecule has 2 unspecified atom stereocenters. The SMILES string of the molecule is CCC(CN)C1(O)CCCC(=O)C1. The molecule has 2 atom stereocenters. The minimum Gasteiger partial charge on any atom is -0.389 e. The zero-order chi connectivity index (χ0) is 9.90. The van der Waals surface area contributed by atoms with Crippen LogP contribution >= 0.6 is 0 Å². The first-order valence-electron chi connectivity index (χ1n) is 5.06. The topological polar surface area (TPSA) is 63.3 Å². The number of rotatable bonds is 3. The van der Waals surface area contributed by atoms with E-state index in [4.69, 9.17) is 5.73 Å². The zero-order valence-electron chi connectivity index (χ0n) is 8.25. The van der Waals surface area contributed by atoms with Crippen LogP contribution in [-0.2, 0) is 4.79 Å². The smallest absolute Gasteiger partial charge is 0.135 e. The Labute approximate surface area is 79.3 Å². The Hall–Kier alpha value is -0.410. The maximum atomic E-state index is 11.2. The molecule has 0 spiro atoms. The van der Waals surface area contributed by atoms with Crippen molar-refractivity contribution in [3.63, 3.8) is 0 Å². The molecule has 1 aliphatic carbocycles. The Bertz CT molecular complexity index is 189. The number of hydrogen-bond donors (Lipinski definition) is 2. The summed E-state index contributed by atoms with van der Waals surface area (Å²) in [7, 11) is 0. The summed E-state index contributed by atoms with van der Waals surface area (Å²) in [5, 5.41) is 10.2. The fraction of sp³-hybridized carbons (Fsp3) is 0.900. The number of aliphatic hydroxyl groups is 1. The van der Waals surface area contributed by atoms with Crippen molar-refractivity contribution in [1.82, 2.24) is 0 Å². The fourth-order valence-corrected chi connectivity index (χ4v) is 2.22. The molecule has 0 aromatic heterocycles. The number of carbonyl (C=O) groups excluding carboxylic acids is 1. The zero-order valence-corrected chi connectivity index (χ0v) is 8.25. The van der Waals surface area contributed by atoms with E-state index in [-0.39, 0.29) is 11.7 Å². The average molecular weight is 185 g/mol. The number of carbonyl (C=O) groups is 1. The van der Waals surface area contributed by atoms with Crippen LogP contribution < -0.4 is 5.73 Å². The molecule has 76 valence electrons. The molecule has 0 saturated heterocycles. The first kappa shape index (κ1) is 10.7. The van der Waals surface area contributed by atoms with E-state index in [1.165, 1.54) is 0 Å². The van der Waals surface area contributed by atoms with Gasteiger partial charge >= 0.3 is 0 Å². The summed E-state index contributed by atoms with van der Waals surface area (Å²) in [6, 6.07) is 0. The van der Waals surface area contributed by atoms with Crippen molar-refractivity contribution >= 4 is 5.78 Å². The highest BCUT2D eigenvalue weighted by atomic mass is 16.3. The molecule has 0 radical (unpaired) electrons. The molecule has 0 aromatic carbocycles. The van der Waals surface area contributed by atoms with Crippen molar-refractivity contribution in [3.8, 4) is 0 Å². The van der Waals surface area contributed by atoms with E-state index in [9.17, 15) is 9.90 Å². The molecule has 1 fully saturated rings. The average Bonchev–Trinajstić information content (AvgIpc) is 2.05. The predicted molar refractivity (Wildman–Crippen MR) is 51.3 cm³/mol. The quantitative estimate of drug-likeness (QED) is 0.685. The summed E-state index contributed by atoms with van der Waals surface area (Å²) in [6.45, 7) is 2.48. The van der Waals surface area contributed by atoms with E-state index < -0.39 is 5.60 Å². The van der Waals surface area contributed by atoms with E-state index in [1.54, 1.807) is 0 Å². The highest BCUT2D eigenvalue weighted by Gasteiger charge is 2.38. The monoisotopic (exact) mass is 185 g/mol. The van der Waals surface area contributed by atoms with Gasteiger partial charge in [-0.25, -0.2) is 0 Å². The van der Waals surface area contributed by atoms with Crippen molar-refractivity contribution in [2.24, 2.45) is 11.7 Å². The number of nitrogens with two attached hydrogens (primary N) is 1. The predicted octanol–water partition coefficient (Wildman–Crippen LogP) is 0.845. The van der Waals surface area contributed by atoms with Gasteiger partial charge in [0.25, 0.3) is 0 Å². The van der Waals surface area contributed by atoms with E-state index in [0.29, 0.717) is 19.4 Å². The van der Waals surface area contributed by atoms with E-state index in [0.717, 1.165) is 19.3 Å². The lowest BCUT2D eigenvalue weighted by molar-refractivity contribution is -0.131. The fourth-order valence-electron chi connectivity index (χ4n) is 2.22. The number of ketones is 1. The molecule has 1 saturated carbocycles. The first-order valence-corrected chi connectivity index (χ1v) is 5.06. The molecule has 3 nitrogen and oxygen atoms in total. The van der Waals surface area contributed by atoms with Crippen LogP contribution in [0.15, 0.2) is 0 Å². The van der Waals surface area contributed by atoms with Gasteiger partial charge in [-0.3, -0.25) is 4.79 Å². The molecule has 1 aliphatic rings. The lowest BCUT2D eigenvalue weighted by atomic mass is 9.74. The van der Waals surface area contributed by atoms with Gasteiger partial charge in [0.05, 0.1) is 5.60 Å². The molecule has 3 N–H and O–H groups in total. The molecule has 1 rings (SSSR count). The molecule has 0 aliphatic heterocycles. The van der Waals surface area contributed by atoms with Gasteiger partial charge in [0, 0.05) is 18.8 Å². The molecule has 0 heterocycles. The van der Waals surface area contributed by atoms with Crippen LogP contribution in [0.25, 0.3) is 0 Å². The third-order valence-corrected chi connectivity index (χ3v) is 3.11. The van der Waals surface area contributed by atoms with Gasteiger partial charge < -0.3 is 10.8 Å². The van der Waals surface area contributed by atoms with Crippen molar-refractivity contribution in [3.05, 3.63) is 0 Å². The normalized spacial score (nSPS) is 31.8. The Balaban J connectivity index is 2.66. The van der Waals surface area contributed by atoms with Crippen LogP contribution in [0.4, 0.5) is 0 Å². The summed E-state index contributed by atoms with van der Waals surface area (Å²) < 4.78 is 0. The summed E-state index contributed by atoms with van der Waals surface area (Å²) in [6.07, 6.45) is 3.33. The van der Waals surface area contributed by atoms with Crippen molar-refractivity contribution in [2.75, 3.05) is 6.54 Å². The molecular formula is C10H19NO2. The van der Waals surface area contributed by atoms with Gasteiger partial charge in [-0.05, 0) is 25.8 Å². The maximum absolute atomic E-state index is 11.2. The van der Waals surface area contributed by atoms with Crippen LogP contribution in [0.5, 0.6) is 0 Å². The standard InChI is InChI=1S/C10H19NO2/c1-2-8(7-11)10(13)5-3-4-9(12)6-10/h8,13H,2-7,11H2,1H3. The molecule has 0 bridgehead atoms. The second-order valence-corrected chi connectivity index (χ2v) is 4.01. The third-order valence-electron chi connectivity index (χ3n) is 3.11. The van der Waals surface area contributed by atoms with Crippen LogP contribution in [-0.4, -0.2) is 23.0 Å². The Morgan fingerprint density at radius 3 is 2.85 bits per heavy atom. The summed E-state index contributed by atoms with van der Waals surface area (Å²) in [5.41, 5.74) is 4.77. The van der Waals surface area contributed by atoms with E-state index in [2.05, 4.69) is 0 Å². The Morgan fingerprint density at radius 2 is 2.38 bits per heavy atom. The lowest BCUT2D eigenvalue weighted by Gasteiger charge is -2.37. The van der Waals surface area contributed by atoms with Gasteiger partial charge in [0.15, 0.2) is 0 Å². The highest BCUT2D eigenvalue weighted by Crippen LogP contribution is 2.33. The summed E-state index contributed by atoms with van der Waals surface area (Å²) in [4.78, 5) is 11.2. The second kappa shape index (κ2) is 4.20. The first-order chi connectivity index (χ1) is 6.12. The van der Waals surface area contributed by atoms with Crippen LogP contribution in [0, 0.1) is 5.92 Å². The second-order valence-electron chi connectivity index (χ2n) is 4.01. The van der Waals surface area contributed by atoms with Gasteiger partial charge in [-0.2, -0.15) is 0 Å². The molecule has 3 heteroatoms. The number of hydrogen-bond acceptors (Lipinski definition) is 3. The highest BCUT2D eigenvalue weighted by molar-refractivity contribution is 5.80. The van der Waals surface area contributed by atoms with E-state index in [1.807, 2.05) is 6.92 Å². The molecular weight excluding hydrogens is 166 g/mol. The van der Waals surface area contributed by atoms with Crippen molar-refractivity contribution < 1.29 is 9.90 Å². The minimum atomic E-state index is -0.807. The Morgan fingerprint density at radius 1 is 1.69 bits per heavy atom. The summed E-state index contributed by atoms with van der Waals surface area (Å²) >= 11 is 0. The maximum Gasteiger partial charge on any atom is 0.135 e. The van der Waals surface area contributed by atoms with Crippen LogP contribution in [0.2, 0.25) is 0 Å². The van der Waals surface area contributed by atoms with Gasteiger partial charge in [0.2, 0.25) is 0 Å².